The average Bonchev–Trinajstić information content (AvgIpc) is 3.11. The highest BCUT2D eigenvalue weighted by molar-refractivity contribution is 7.99. The topological polar surface area (TPSA) is 67.2 Å². The number of hydrogen-bond donors (Lipinski definition) is 0. The van der Waals surface area contributed by atoms with Gasteiger partial charge in [0.05, 0.1) is 16.8 Å². The van der Waals surface area contributed by atoms with Crippen LogP contribution < -0.4 is 4.90 Å². The quantitative estimate of drug-likeness (QED) is 0.609. The number of carbonyl (C=O) groups excluding carboxylic acids is 1. The Bertz CT molecular complexity index is 959. The zero-order valence-electron chi connectivity index (χ0n) is 14.9. The molecular formula is C18H18F2N6OS. The summed E-state index contributed by atoms with van der Waals surface area (Å²) in [6, 6.07) is 8.49. The maximum absolute atomic E-state index is 13.5. The van der Waals surface area contributed by atoms with Gasteiger partial charge >= 0.3 is 6.55 Å². The molecule has 0 bridgehead atoms. The number of alkyl halides is 2. The number of benzene rings is 1. The van der Waals surface area contributed by atoms with E-state index in [1.807, 2.05) is 4.90 Å². The number of rotatable bonds is 5. The Morgan fingerprint density at radius 3 is 2.50 bits per heavy atom. The second-order valence-corrected chi connectivity index (χ2v) is 7.18. The predicted molar refractivity (Wildman–Crippen MR) is 103 cm³/mol. The number of carbonyl (C=O) groups is 1. The van der Waals surface area contributed by atoms with Crippen molar-refractivity contribution in [1.29, 1.82) is 0 Å². The molecule has 7 nitrogen and oxygen atoms in total. The van der Waals surface area contributed by atoms with E-state index in [2.05, 4.69) is 15.0 Å². The molecule has 146 valence electrons. The summed E-state index contributed by atoms with van der Waals surface area (Å²) in [4.78, 5) is 29.0. The minimum atomic E-state index is -2.71. The number of anilines is 1. The summed E-state index contributed by atoms with van der Waals surface area (Å²) < 4.78 is 27.8. The molecule has 10 heteroatoms. The Morgan fingerprint density at radius 2 is 1.79 bits per heavy atom. The lowest BCUT2D eigenvalue weighted by Crippen LogP contribution is -2.49. The molecule has 0 N–H and O–H groups in total. The van der Waals surface area contributed by atoms with E-state index in [1.54, 1.807) is 47.6 Å². The van der Waals surface area contributed by atoms with Gasteiger partial charge in [0.15, 0.2) is 5.16 Å². The Labute approximate surface area is 164 Å². The number of thioether (sulfide) groups is 1. The molecule has 1 aliphatic heterocycles. The molecule has 0 spiro atoms. The van der Waals surface area contributed by atoms with Gasteiger partial charge in [-0.25, -0.2) is 15.0 Å². The summed E-state index contributed by atoms with van der Waals surface area (Å²) in [7, 11) is 0. The molecule has 2 aromatic heterocycles. The van der Waals surface area contributed by atoms with E-state index in [0.717, 1.165) is 16.3 Å². The Kier molecular flexibility index (Phi) is 5.38. The molecule has 4 rings (SSSR count). The second-order valence-electron chi connectivity index (χ2n) is 6.24. The summed E-state index contributed by atoms with van der Waals surface area (Å²) in [5, 5.41) is 0.154. The highest BCUT2D eigenvalue weighted by atomic mass is 32.2. The molecular weight excluding hydrogens is 386 g/mol. The SMILES string of the molecule is O=C(CSc1nc2ccccc2n1C(F)F)N1CCN(c2ncccn2)CC1. The number of para-hydroxylation sites is 2. The Hall–Kier alpha value is -2.75. The van der Waals surface area contributed by atoms with Crippen LogP contribution in [0.1, 0.15) is 6.55 Å². The first-order valence-corrected chi connectivity index (χ1v) is 9.79. The molecule has 3 aromatic rings. The van der Waals surface area contributed by atoms with Crippen LogP contribution in [-0.2, 0) is 4.79 Å². The fraction of sp³-hybridized carbons (Fsp3) is 0.333. The van der Waals surface area contributed by atoms with Crippen molar-refractivity contribution in [2.45, 2.75) is 11.7 Å². The van der Waals surface area contributed by atoms with E-state index >= 15 is 0 Å². The van der Waals surface area contributed by atoms with Gasteiger partial charge in [0.25, 0.3) is 0 Å². The number of hydrogen-bond acceptors (Lipinski definition) is 6. The number of halogens is 2. The first kappa shape index (κ1) is 18.6. The first-order valence-electron chi connectivity index (χ1n) is 8.81. The van der Waals surface area contributed by atoms with Crippen LogP contribution in [0.2, 0.25) is 0 Å². The number of imidazole rings is 1. The number of nitrogens with zero attached hydrogens (tertiary/aromatic N) is 6. The van der Waals surface area contributed by atoms with Crippen molar-refractivity contribution in [3.05, 3.63) is 42.7 Å². The monoisotopic (exact) mass is 404 g/mol. The van der Waals surface area contributed by atoms with Crippen molar-refractivity contribution >= 4 is 34.7 Å². The first-order chi connectivity index (χ1) is 13.6. The molecule has 1 amide bonds. The van der Waals surface area contributed by atoms with Gasteiger partial charge in [-0.3, -0.25) is 9.36 Å². The van der Waals surface area contributed by atoms with E-state index in [0.29, 0.717) is 43.2 Å². The number of amides is 1. The van der Waals surface area contributed by atoms with E-state index < -0.39 is 6.55 Å². The Morgan fingerprint density at radius 1 is 1.07 bits per heavy atom. The van der Waals surface area contributed by atoms with Gasteiger partial charge in [0.1, 0.15) is 0 Å². The lowest BCUT2D eigenvalue weighted by atomic mass is 10.3. The molecule has 28 heavy (non-hydrogen) atoms. The normalized spacial score (nSPS) is 14.8. The number of fused-ring (bicyclic) bond motifs is 1. The molecule has 0 aliphatic carbocycles. The zero-order valence-corrected chi connectivity index (χ0v) is 15.7. The van der Waals surface area contributed by atoms with Crippen molar-refractivity contribution < 1.29 is 13.6 Å². The molecule has 0 atom stereocenters. The van der Waals surface area contributed by atoms with Gasteiger partial charge in [-0.2, -0.15) is 8.78 Å². The van der Waals surface area contributed by atoms with Gasteiger partial charge in [0.2, 0.25) is 11.9 Å². The van der Waals surface area contributed by atoms with Crippen LogP contribution >= 0.6 is 11.8 Å². The van der Waals surface area contributed by atoms with Crippen molar-refractivity contribution in [3.8, 4) is 0 Å². The van der Waals surface area contributed by atoms with Crippen LogP contribution in [0, 0.1) is 0 Å². The lowest BCUT2D eigenvalue weighted by Gasteiger charge is -2.34. The van der Waals surface area contributed by atoms with Crippen LogP contribution in [0.25, 0.3) is 11.0 Å². The molecule has 0 saturated carbocycles. The van der Waals surface area contributed by atoms with Crippen molar-refractivity contribution in [2.75, 3.05) is 36.8 Å². The standard InChI is InChI=1S/C18H18F2N6OS/c19-16(20)26-14-5-2-1-4-13(14)23-18(26)28-12-15(27)24-8-10-25(11-9-24)17-21-6-3-7-22-17/h1-7,16H,8-12H2. The summed E-state index contributed by atoms with van der Waals surface area (Å²) in [6.45, 7) is -0.350. The third kappa shape index (κ3) is 3.77. The van der Waals surface area contributed by atoms with Gasteiger partial charge in [-0.15, -0.1) is 0 Å². The highest BCUT2D eigenvalue weighted by Gasteiger charge is 2.24. The summed E-state index contributed by atoms with van der Waals surface area (Å²) in [6.07, 6.45) is 3.37. The Balaban J connectivity index is 1.38. The van der Waals surface area contributed by atoms with Crippen LogP contribution in [0.3, 0.4) is 0 Å². The largest absolute Gasteiger partial charge is 0.338 e. The smallest absolute Gasteiger partial charge is 0.321 e. The molecule has 0 radical (unpaired) electrons. The second kappa shape index (κ2) is 8.09. The summed E-state index contributed by atoms with van der Waals surface area (Å²) >= 11 is 1.04. The molecule has 1 aromatic carbocycles. The number of piperazine rings is 1. The van der Waals surface area contributed by atoms with Gasteiger partial charge in [-0.1, -0.05) is 23.9 Å². The fourth-order valence-corrected chi connectivity index (χ4v) is 4.06. The fourth-order valence-electron chi connectivity index (χ4n) is 3.14. The maximum atomic E-state index is 13.5. The average molecular weight is 404 g/mol. The van der Waals surface area contributed by atoms with Crippen molar-refractivity contribution in [3.63, 3.8) is 0 Å². The van der Waals surface area contributed by atoms with E-state index in [1.165, 1.54) is 0 Å². The molecule has 0 unspecified atom stereocenters. The third-order valence-corrected chi connectivity index (χ3v) is 5.49. The van der Waals surface area contributed by atoms with Crippen LogP contribution in [0.5, 0.6) is 0 Å². The summed E-state index contributed by atoms with van der Waals surface area (Å²) in [5.41, 5.74) is 0.859. The highest BCUT2D eigenvalue weighted by Crippen LogP contribution is 2.29. The molecule has 3 heterocycles. The van der Waals surface area contributed by atoms with E-state index in [-0.39, 0.29) is 16.8 Å². The van der Waals surface area contributed by atoms with Crippen LogP contribution in [0.4, 0.5) is 14.7 Å². The van der Waals surface area contributed by atoms with Crippen LogP contribution in [0.15, 0.2) is 47.9 Å². The third-order valence-electron chi connectivity index (χ3n) is 4.55. The van der Waals surface area contributed by atoms with Crippen LogP contribution in [-0.4, -0.2) is 62.3 Å². The van der Waals surface area contributed by atoms with Gasteiger partial charge in [0, 0.05) is 38.6 Å². The van der Waals surface area contributed by atoms with Crippen molar-refractivity contribution in [2.24, 2.45) is 0 Å². The van der Waals surface area contributed by atoms with E-state index in [9.17, 15) is 13.6 Å². The molecule has 1 aliphatic rings. The zero-order chi connectivity index (χ0) is 19.5. The molecule has 1 fully saturated rings. The maximum Gasteiger partial charge on any atom is 0.321 e. The predicted octanol–water partition coefficient (Wildman–Crippen LogP) is 2.66. The van der Waals surface area contributed by atoms with E-state index in [4.69, 9.17) is 0 Å². The number of aromatic nitrogens is 4. The minimum Gasteiger partial charge on any atom is -0.338 e. The summed E-state index contributed by atoms with van der Waals surface area (Å²) in [5.74, 6) is 0.624. The molecule has 1 saturated heterocycles. The lowest BCUT2D eigenvalue weighted by molar-refractivity contribution is -0.128. The van der Waals surface area contributed by atoms with Gasteiger partial charge in [-0.05, 0) is 18.2 Å². The van der Waals surface area contributed by atoms with Crippen molar-refractivity contribution in [1.82, 2.24) is 24.4 Å². The minimum absolute atomic E-state index is 0.0673. The van der Waals surface area contributed by atoms with Gasteiger partial charge < -0.3 is 9.80 Å².